The zero-order chi connectivity index (χ0) is 58.5. The Labute approximate surface area is 506 Å². The zero-order valence-electron chi connectivity index (χ0n) is 55.1. The molecule has 0 aromatic carbocycles. The molecule has 0 spiro atoms. The highest BCUT2D eigenvalue weighted by atomic mass is 16.6. The number of hydrogen-bond acceptors (Lipinski definition) is 6. The lowest BCUT2D eigenvalue weighted by Gasteiger charge is -2.18. The molecular formula is C75H142O6. The first kappa shape index (κ1) is 78.9. The van der Waals surface area contributed by atoms with E-state index in [1.807, 2.05) is 0 Å². The summed E-state index contributed by atoms with van der Waals surface area (Å²) in [6.07, 6.45) is 86.5. The molecule has 0 aliphatic rings. The third-order valence-corrected chi connectivity index (χ3v) is 17.0. The van der Waals surface area contributed by atoms with Crippen LogP contribution in [-0.4, -0.2) is 37.2 Å². The lowest BCUT2D eigenvalue weighted by Crippen LogP contribution is -2.30. The van der Waals surface area contributed by atoms with Crippen LogP contribution in [0.5, 0.6) is 0 Å². The lowest BCUT2D eigenvalue weighted by molar-refractivity contribution is -0.167. The van der Waals surface area contributed by atoms with E-state index >= 15 is 0 Å². The van der Waals surface area contributed by atoms with E-state index in [0.717, 1.165) is 70.6 Å². The number of carbonyl (C=O) groups is 3. The first-order valence-electron chi connectivity index (χ1n) is 36.8. The van der Waals surface area contributed by atoms with Gasteiger partial charge in [0.05, 0.1) is 0 Å². The van der Waals surface area contributed by atoms with Crippen LogP contribution in [0.25, 0.3) is 0 Å². The standard InChI is InChI=1S/C75H142O6/c1-4-7-10-13-16-19-22-25-28-31-33-34-35-36-37-38-39-40-41-42-43-45-47-50-53-56-59-62-65-68-74(77)80-71-72(70-79-73(76)67-64-61-58-55-52-49-46-30-27-24-21-18-15-12-9-6-3)81-75(78)69-66-63-60-57-54-51-48-44-32-29-26-23-20-17-14-11-8-5-2/h20,23,29,32,72H,4-19,21-22,24-28,30-31,33-71H2,1-3H3/b23-20-,32-29-. The quantitative estimate of drug-likeness (QED) is 0.0261. The summed E-state index contributed by atoms with van der Waals surface area (Å²) in [4.78, 5) is 38.5. The number of hydrogen-bond donors (Lipinski definition) is 0. The molecule has 0 fully saturated rings. The number of unbranched alkanes of at least 4 members (excludes halogenated alkanes) is 54. The molecule has 0 bridgehead atoms. The van der Waals surface area contributed by atoms with Crippen molar-refractivity contribution in [3.63, 3.8) is 0 Å². The molecule has 0 rings (SSSR count). The number of carbonyl (C=O) groups excluding carboxylic acids is 3. The average Bonchev–Trinajstić information content (AvgIpc) is 3.47. The summed E-state index contributed by atoms with van der Waals surface area (Å²) in [5, 5.41) is 0. The van der Waals surface area contributed by atoms with Crippen LogP contribution in [0, 0.1) is 0 Å². The largest absolute Gasteiger partial charge is 0.462 e. The fraction of sp³-hybridized carbons (Fsp3) is 0.907. The van der Waals surface area contributed by atoms with E-state index in [2.05, 4.69) is 45.1 Å². The summed E-state index contributed by atoms with van der Waals surface area (Å²) in [6.45, 7) is 6.71. The highest BCUT2D eigenvalue weighted by Gasteiger charge is 2.20. The highest BCUT2D eigenvalue weighted by Crippen LogP contribution is 2.19. The van der Waals surface area contributed by atoms with Crippen molar-refractivity contribution in [2.45, 2.75) is 425 Å². The molecule has 0 aromatic heterocycles. The van der Waals surface area contributed by atoms with Crippen molar-refractivity contribution in [3.05, 3.63) is 24.3 Å². The molecule has 0 heterocycles. The second-order valence-electron chi connectivity index (χ2n) is 25.2. The molecule has 0 saturated heterocycles. The Balaban J connectivity index is 4.20. The summed E-state index contributed by atoms with van der Waals surface area (Å²) >= 11 is 0. The van der Waals surface area contributed by atoms with Gasteiger partial charge < -0.3 is 14.2 Å². The van der Waals surface area contributed by atoms with E-state index in [1.165, 1.54) is 308 Å². The van der Waals surface area contributed by atoms with Crippen molar-refractivity contribution in [2.75, 3.05) is 13.2 Å². The average molecular weight is 1140 g/mol. The van der Waals surface area contributed by atoms with Gasteiger partial charge in [-0.05, 0) is 51.4 Å². The van der Waals surface area contributed by atoms with Gasteiger partial charge in [0.2, 0.25) is 0 Å². The SMILES string of the molecule is CCCCCC/C=C\C/C=C\CCCCCCCCCC(=O)OC(COC(=O)CCCCCCCCCCCCCCCCCC)COC(=O)CCCCCCCCCCCCCCCCCCCCCCCCCCCCCCC. The first-order chi connectivity index (χ1) is 40.0. The maximum absolute atomic E-state index is 12.9. The van der Waals surface area contributed by atoms with Gasteiger partial charge in [-0.15, -0.1) is 0 Å². The molecule has 0 radical (unpaired) electrons. The Morgan fingerprint density at radius 1 is 0.247 bits per heavy atom. The van der Waals surface area contributed by atoms with Crippen molar-refractivity contribution >= 4 is 17.9 Å². The lowest BCUT2D eigenvalue weighted by atomic mass is 10.0. The number of allylic oxidation sites excluding steroid dienone is 4. The van der Waals surface area contributed by atoms with E-state index in [0.29, 0.717) is 19.3 Å². The number of ether oxygens (including phenoxy) is 3. The maximum Gasteiger partial charge on any atom is 0.306 e. The Morgan fingerprint density at radius 2 is 0.444 bits per heavy atom. The number of rotatable bonds is 69. The van der Waals surface area contributed by atoms with Crippen LogP contribution in [0.15, 0.2) is 24.3 Å². The normalized spacial score (nSPS) is 12.1. The maximum atomic E-state index is 12.9. The third-order valence-electron chi connectivity index (χ3n) is 17.0. The predicted molar refractivity (Wildman–Crippen MR) is 353 cm³/mol. The molecule has 0 N–H and O–H groups in total. The minimum atomic E-state index is -0.773. The molecule has 1 atom stereocenters. The van der Waals surface area contributed by atoms with Gasteiger partial charge in [-0.25, -0.2) is 0 Å². The first-order valence-corrected chi connectivity index (χ1v) is 36.8. The van der Waals surface area contributed by atoms with E-state index in [4.69, 9.17) is 14.2 Å². The Bertz CT molecular complexity index is 1310. The minimum absolute atomic E-state index is 0.0680. The van der Waals surface area contributed by atoms with Crippen LogP contribution in [0.2, 0.25) is 0 Å². The smallest absolute Gasteiger partial charge is 0.306 e. The Morgan fingerprint density at radius 3 is 0.691 bits per heavy atom. The molecule has 0 aromatic rings. The van der Waals surface area contributed by atoms with Crippen molar-refractivity contribution in [3.8, 4) is 0 Å². The minimum Gasteiger partial charge on any atom is -0.462 e. The molecule has 1 unspecified atom stereocenters. The molecule has 0 aliphatic heterocycles. The summed E-state index contributed by atoms with van der Waals surface area (Å²) in [5.41, 5.74) is 0. The van der Waals surface area contributed by atoms with E-state index in [1.54, 1.807) is 0 Å². The van der Waals surface area contributed by atoms with Crippen LogP contribution in [0.4, 0.5) is 0 Å². The summed E-state index contributed by atoms with van der Waals surface area (Å²) in [7, 11) is 0. The molecular weight excluding hydrogens is 997 g/mol. The third kappa shape index (κ3) is 68.6. The molecule has 0 saturated carbocycles. The van der Waals surface area contributed by atoms with Gasteiger partial charge in [0.1, 0.15) is 13.2 Å². The van der Waals surface area contributed by atoms with E-state index in [-0.39, 0.29) is 31.1 Å². The molecule has 0 aliphatic carbocycles. The molecule has 6 heteroatoms. The van der Waals surface area contributed by atoms with Gasteiger partial charge in [0.15, 0.2) is 6.10 Å². The summed E-state index contributed by atoms with van der Waals surface area (Å²) in [5.74, 6) is -0.841. The second kappa shape index (κ2) is 70.4. The van der Waals surface area contributed by atoms with Crippen molar-refractivity contribution < 1.29 is 28.6 Å². The van der Waals surface area contributed by atoms with Gasteiger partial charge in [0.25, 0.3) is 0 Å². The Hall–Kier alpha value is -2.11. The summed E-state index contributed by atoms with van der Waals surface area (Å²) in [6, 6.07) is 0. The van der Waals surface area contributed by atoms with Crippen LogP contribution in [0.3, 0.4) is 0 Å². The van der Waals surface area contributed by atoms with E-state index < -0.39 is 6.10 Å². The van der Waals surface area contributed by atoms with Crippen molar-refractivity contribution in [1.82, 2.24) is 0 Å². The van der Waals surface area contributed by atoms with Crippen LogP contribution >= 0.6 is 0 Å². The van der Waals surface area contributed by atoms with Crippen molar-refractivity contribution in [1.29, 1.82) is 0 Å². The zero-order valence-corrected chi connectivity index (χ0v) is 55.1. The monoisotopic (exact) mass is 1140 g/mol. The molecule has 6 nitrogen and oxygen atoms in total. The number of esters is 3. The fourth-order valence-corrected chi connectivity index (χ4v) is 11.4. The van der Waals surface area contributed by atoms with Gasteiger partial charge >= 0.3 is 17.9 Å². The second-order valence-corrected chi connectivity index (χ2v) is 25.2. The van der Waals surface area contributed by atoms with Crippen molar-refractivity contribution in [2.24, 2.45) is 0 Å². The van der Waals surface area contributed by atoms with Gasteiger partial charge in [-0.1, -0.05) is 373 Å². The van der Waals surface area contributed by atoms with Crippen LogP contribution < -0.4 is 0 Å². The predicted octanol–water partition coefficient (Wildman–Crippen LogP) is 25.3. The molecule has 478 valence electrons. The summed E-state index contributed by atoms with van der Waals surface area (Å²) < 4.78 is 17.0. The Kier molecular flexibility index (Phi) is 68.5. The molecule has 81 heavy (non-hydrogen) atoms. The fourth-order valence-electron chi connectivity index (χ4n) is 11.4. The van der Waals surface area contributed by atoms with Gasteiger partial charge in [0, 0.05) is 19.3 Å². The van der Waals surface area contributed by atoms with Gasteiger partial charge in [-0.2, -0.15) is 0 Å². The van der Waals surface area contributed by atoms with E-state index in [9.17, 15) is 14.4 Å². The van der Waals surface area contributed by atoms with Gasteiger partial charge in [-0.3, -0.25) is 14.4 Å². The topological polar surface area (TPSA) is 78.9 Å². The highest BCUT2D eigenvalue weighted by molar-refractivity contribution is 5.71. The van der Waals surface area contributed by atoms with Crippen LogP contribution in [-0.2, 0) is 28.6 Å². The van der Waals surface area contributed by atoms with Crippen LogP contribution in [0.1, 0.15) is 419 Å². The molecule has 0 amide bonds.